The number of amides is 1. The van der Waals surface area contributed by atoms with Crippen molar-refractivity contribution in [1.82, 2.24) is 9.21 Å². The van der Waals surface area contributed by atoms with Gasteiger partial charge in [-0.15, -0.1) is 0 Å². The molecule has 0 saturated carbocycles. The largest absolute Gasteiger partial charge is 0.478 e. The van der Waals surface area contributed by atoms with Crippen molar-refractivity contribution in [3.8, 4) is 0 Å². The van der Waals surface area contributed by atoms with E-state index in [1.165, 1.54) is 34.8 Å². The molecule has 7 nitrogen and oxygen atoms in total. The van der Waals surface area contributed by atoms with Crippen LogP contribution < -0.4 is 0 Å². The van der Waals surface area contributed by atoms with E-state index in [1.54, 1.807) is 4.90 Å². The van der Waals surface area contributed by atoms with Crippen LogP contribution in [-0.4, -0.2) is 66.5 Å². The van der Waals surface area contributed by atoms with Crippen LogP contribution in [0.3, 0.4) is 0 Å². The first-order valence-corrected chi connectivity index (χ1v) is 9.68. The van der Waals surface area contributed by atoms with Crippen molar-refractivity contribution in [2.45, 2.75) is 25.8 Å². The number of carboxylic acid groups (broad SMARTS) is 1. The van der Waals surface area contributed by atoms with Crippen LogP contribution in [0.25, 0.3) is 0 Å². The second-order valence-corrected chi connectivity index (χ2v) is 7.81. The van der Waals surface area contributed by atoms with E-state index < -0.39 is 16.0 Å². The first-order valence-electron chi connectivity index (χ1n) is 7.83. The number of carbonyl (C=O) groups excluding carboxylic acids is 1. The number of nitrogens with zero attached hydrogens (tertiary/aromatic N) is 2. The van der Waals surface area contributed by atoms with Crippen LogP contribution in [0.2, 0.25) is 0 Å². The van der Waals surface area contributed by atoms with Crippen molar-refractivity contribution in [2.24, 2.45) is 0 Å². The molecule has 1 heterocycles. The molecule has 1 amide bonds. The topological polar surface area (TPSA) is 95.0 Å². The van der Waals surface area contributed by atoms with Gasteiger partial charge in [-0.2, -0.15) is 4.31 Å². The minimum absolute atomic E-state index is 0.0802. The average molecular weight is 354 g/mol. The van der Waals surface area contributed by atoms with Gasteiger partial charge in [-0.3, -0.25) is 4.79 Å². The normalized spacial score (nSPS) is 16.4. The summed E-state index contributed by atoms with van der Waals surface area (Å²) in [5, 5.41) is 8.88. The van der Waals surface area contributed by atoms with Gasteiger partial charge in [0.2, 0.25) is 10.0 Å². The Labute approximate surface area is 141 Å². The molecule has 0 aliphatic carbocycles. The van der Waals surface area contributed by atoms with Crippen molar-refractivity contribution in [3.63, 3.8) is 0 Å². The number of sulfonamides is 1. The van der Waals surface area contributed by atoms with Gasteiger partial charge >= 0.3 is 5.97 Å². The Hall–Kier alpha value is -1.93. The molecule has 24 heavy (non-hydrogen) atoms. The van der Waals surface area contributed by atoms with Crippen LogP contribution in [0.5, 0.6) is 0 Å². The van der Waals surface area contributed by atoms with Gasteiger partial charge in [0.05, 0.1) is 11.8 Å². The van der Waals surface area contributed by atoms with E-state index in [0.717, 1.165) is 0 Å². The highest BCUT2D eigenvalue weighted by Gasteiger charge is 2.30. The van der Waals surface area contributed by atoms with Crippen LogP contribution in [-0.2, 0) is 10.0 Å². The lowest BCUT2D eigenvalue weighted by Gasteiger charge is -2.36. The second-order valence-electron chi connectivity index (χ2n) is 5.87. The number of carboxylic acids is 1. The molecule has 1 aliphatic heterocycles. The highest BCUT2D eigenvalue weighted by Crippen LogP contribution is 2.20. The fraction of sp³-hybridized carbons (Fsp3) is 0.500. The lowest BCUT2D eigenvalue weighted by atomic mass is 10.0. The van der Waals surface area contributed by atoms with E-state index in [0.29, 0.717) is 38.0 Å². The zero-order chi connectivity index (χ0) is 17.9. The summed E-state index contributed by atoms with van der Waals surface area (Å²) in [6.07, 6.45) is 2.40. The quantitative estimate of drug-likeness (QED) is 0.859. The maximum absolute atomic E-state index is 12.5. The minimum Gasteiger partial charge on any atom is -0.478 e. The SMILES string of the molecule is CCN(C1CCN(C(=O)c2ccc(C(=O)O)cc2)CC1)S(C)(=O)=O. The maximum atomic E-state index is 12.5. The summed E-state index contributed by atoms with van der Waals surface area (Å²) >= 11 is 0. The lowest BCUT2D eigenvalue weighted by Crippen LogP contribution is -2.48. The summed E-state index contributed by atoms with van der Waals surface area (Å²) < 4.78 is 25.0. The zero-order valence-electron chi connectivity index (χ0n) is 13.8. The maximum Gasteiger partial charge on any atom is 0.335 e. The molecule has 8 heteroatoms. The molecule has 1 aliphatic rings. The van der Waals surface area contributed by atoms with Gasteiger partial charge in [0.25, 0.3) is 5.91 Å². The number of benzene rings is 1. The van der Waals surface area contributed by atoms with Gasteiger partial charge in [0.1, 0.15) is 0 Å². The van der Waals surface area contributed by atoms with Crippen molar-refractivity contribution >= 4 is 21.9 Å². The number of likely N-dealkylation sites (tertiary alicyclic amines) is 1. The van der Waals surface area contributed by atoms with Crippen molar-refractivity contribution in [3.05, 3.63) is 35.4 Å². The van der Waals surface area contributed by atoms with E-state index in [1.807, 2.05) is 6.92 Å². The first-order chi connectivity index (χ1) is 11.2. The van der Waals surface area contributed by atoms with Crippen LogP contribution in [0, 0.1) is 0 Å². The third kappa shape index (κ3) is 4.12. The molecule has 2 rings (SSSR count). The minimum atomic E-state index is -3.24. The number of rotatable bonds is 5. The molecule has 0 radical (unpaired) electrons. The van der Waals surface area contributed by atoms with E-state index in [2.05, 4.69) is 0 Å². The third-order valence-electron chi connectivity index (χ3n) is 4.28. The zero-order valence-corrected chi connectivity index (χ0v) is 14.6. The Morgan fingerprint density at radius 3 is 2.08 bits per heavy atom. The van der Waals surface area contributed by atoms with Crippen molar-refractivity contribution in [2.75, 3.05) is 25.9 Å². The molecule has 1 aromatic rings. The molecular formula is C16H22N2O5S. The Morgan fingerprint density at radius 2 is 1.67 bits per heavy atom. The predicted octanol–water partition coefficient (Wildman–Crippen LogP) is 1.27. The van der Waals surface area contributed by atoms with Crippen molar-refractivity contribution < 1.29 is 23.1 Å². The summed E-state index contributed by atoms with van der Waals surface area (Å²) in [4.78, 5) is 25.0. The average Bonchev–Trinajstić information content (AvgIpc) is 2.54. The molecular weight excluding hydrogens is 332 g/mol. The Balaban J connectivity index is 2.01. The number of hydrogen-bond acceptors (Lipinski definition) is 4. The summed E-state index contributed by atoms with van der Waals surface area (Å²) in [7, 11) is -3.24. The molecule has 1 N–H and O–H groups in total. The van der Waals surface area contributed by atoms with E-state index >= 15 is 0 Å². The van der Waals surface area contributed by atoms with E-state index in [4.69, 9.17) is 5.11 Å². The standard InChI is InChI=1S/C16H22N2O5S/c1-3-18(24(2,22)23)14-8-10-17(11-9-14)15(19)12-4-6-13(7-5-12)16(20)21/h4-7,14H,3,8-11H2,1-2H3,(H,20,21). The van der Waals surface area contributed by atoms with Crippen LogP contribution >= 0.6 is 0 Å². The summed E-state index contributed by atoms with van der Waals surface area (Å²) in [5.74, 6) is -1.19. The summed E-state index contributed by atoms with van der Waals surface area (Å²) in [6, 6.07) is 5.75. The van der Waals surface area contributed by atoms with E-state index in [-0.39, 0.29) is 17.5 Å². The van der Waals surface area contributed by atoms with E-state index in [9.17, 15) is 18.0 Å². The molecule has 0 atom stereocenters. The Morgan fingerprint density at radius 1 is 1.17 bits per heavy atom. The first kappa shape index (κ1) is 18.4. The number of aromatic carboxylic acids is 1. The van der Waals surface area contributed by atoms with Crippen LogP contribution in [0.15, 0.2) is 24.3 Å². The van der Waals surface area contributed by atoms with Gasteiger partial charge in [-0.1, -0.05) is 6.92 Å². The molecule has 1 saturated heterocycles. The van der Waals surface area contributed by atoms with Gasteiger partial charge < -0.3 is 10.0 Å². The van der Waals surface area contributed by atoms with Crippen molar-refractivity contribution in [1.29, 1.82) is 0 Å². The number of carbonyl (C=O) groups is 2. The van der Waals surface area contributed by atoms with Gasteiger partial charge in [-0.05, 0) is 37.1 Å². The molecule has 132 valence electrons. The predicted molar refractivity (Wildman–Crippen MR) is 89.6 cm³/mol. The summed E-state index contributed by atoms with van der Waals surface area (Å²) in [6.45, 7) is 3.20. The molecule has 1 aromatic carbocycles. The number of hydrogen-bond donors (Lipinski definition) is 1. The van der Waals surface area contributed by atoms with Gasteiger partial charge in [0, 0.05) is 31.2 Å². The molecule has 0 bridgehead atoms. The second kappa shape index (κ2) is 7.31. The van der Waals surface area contributed by atoms with Crippen LogP contribution in [0.4, 0.5) is 0 Å². The fourth-order valence-corrected chi connectivity index (χ4v) is 4.28. The molecule has 0 aromatic heterocycles. The highest BCUT2D eigenvalue weighted by molar-refractivity contribution is 7.88. The van der Waals surface area contributed by atoms with Gasteiger partial charge in [-0.25, -0.2) is 13.2 Å². The summed E-state index contributed by atoms with van der Waals surface area (Å²) in [5.41, 5.74) is 0.575. The molecule has 1 fully saturated rings. The smallest absolute Gasteiger partial charge is 0.335 e. The third-order valence-corrected chi connectivity index (χ3v) is 5.68. The molecule has 0 spiro atoms. The fourth-order valence-electron chi connectivity index (χ4n) is 3.06. The highest BCUT2D eigenvalue weighted by atomic mass is 32.2. The Kier molecular flexibility index (Phi) is 5.61. The number of piperidine rings is 1. The molecule has 0 unspecified atom stereocenters. The lowest BCUT2D eigenvalue weighted by molar-refractivity contribution is 0.0672. The monoisotopic (exact) mass is 354 g/mol. The van der Waals surface area contributed by atoms with Gasteiger partial charge in [0.15, 0.2) is 0 Å². The Bertz CT molecular complexity index is 706. The van der Waals surface area contributed by atoms with Crippen LogP contribution in [0.1, 0.15) is 40.5 Å².